The first-order valence-corrected chi connectivity index (χ1v) is 38.8. The third kappa shape index (κ3) is 30.0. The van der Waals surface area contributed by atoms with E-state index in [1.807, 2.05) is 12.1 Å². The number of benzene rings is 4. The van der Waals surface area contributed by atoms with Gasteiger partial charge in [0.2, 0.25) is 65.0 Å². The van der Waals surface area contributed by atoms with Gasteiger partial charge in [0.15, 0.2) is 23.1 Å². The molecular weight excluding hydrogens is 1400 g/mol. The topological polar surface area (TPSA) is 458 Å². The van der Waals surface area contributed by atoms with Crippen LogP contribution >= 0.6 is 0 Å². The predicted molar refractivity (Wildman–Crippen MR) is 411 cm³/mol. The molecule has 2 heterocycles. The SMILES string of the molecule is NC(=O)CC[C@@H]1CC(=O)/C=C/C(=O)N[C@H](C(N)=O)CCCCNC(=O)[C@@H](Cc2ccc(C(=O)c3ccccc3)cc2)NC(=O)[C@H](CC2CCCCC2)NC1=O.NC(=O)[C@@H]1CCCCNC(=O)[C@@H](Cc2ccc(C(=O)c3ccccc3)cc2)NC(=O)[C@H](CC2CCCCC2)NC(=O)[C@H](CCCC[NH3+])CC(=O)/C=C/C(=O)N1. The van der Waals surface area contributed by atoms with Crippen LogP contribution in [0.1, 0.15) is 203 Å². The van der Waals surface area contributed by atoms with Crippen LogP contribution in [0.2, 0.25) is 0 Å². The minimum absolute atomic E-state index is 0.0688. The summed E-state index contributed by atoms with van der Waals surface area (Å²) in [6.45, 7) is 1.07. The zero-order chi connectivity index (χ0) is 79.3. The van der Waals surface area contributed by atoms with Crippen LogP contribution in [0.25, 0.3) is 0 Å². The van der Waals surface area contributed by atoms with E-state index in [0.29, 0.717) is 91.3 Å². The van der Waals surface area contributed by atoms with E-state index in [1.165, 1.54) is 0 Å². The summed E-state index contributed by atoms with van der Waals surface area (Å²) in [5.41, 5.74) is 23.7. The van der Waals surface area contributed by atoms with Gasteiger partial charge in [-0.3, -0.25) is 71.9 Å². The van der Waals surface area contributed by atoms with Crippen LogP contribution in [0, 0.1) is 23.7 Å². The first kappa shape index (κ1) is 86.4. The maximum Gasteiger partial charge on any atom is 0.244 e. The molecule has 4 aromatic carbocycles. The number of amides is 11. The summed E-state index contributed by atoms with van der Waals surface area (Å²) in [5, 5.41) is 22.3. The Kier molecular flexibility index (Phi) is 36.0. The summed E-state index contributed by atoms with van der Waals surface area (Å²) in [7, 11) is 0. The van der Waals surface area contributed by atoms with E-state index in [0.717, 1.165) is 94.9 Å². The largest absolute Gasteiger partial charge is 0.370 e. The summed E-state index contributed by atoms with van der Waals surface area (Å²) in [6, 6.07) is 25.3. The molecule has 8 rings (SSSR count). The lowest BCUT2D eigenvalue weighted by molar-refractivity contribution is -0.368. The van der Waals surface area contributed by atoms with Crippen molar-refractivity contribution < 1.29 is 77.7 Å². The Labute approximate surface area is 642 Å². The second-order valence-electron chi connectivity index (χ2n) is 29.2. The molecule has 2 aliphatic heterocycles. The van der Waals surface area contributed by atoms with Crippen molar-refractivity contribution in [3.05, 3.63) is 167 Å². The fraction of sp³-hybridized carbons (Fsp3) is 0.482. The molecule has 2 saturated carbocycles. The van der Waals surface area contributed by atoms with Crippen molar-refractivity contribution >= 4 is 88.1 Å². The van der Waals surface area contributed by atoms with Gasteiger partial charge >= 0.3 is 0 Å². The molecule has 11 amide bonds. The molecule has 0 bridgehead atoms. The number of unbranched alkanes of at least 4 members (excludes halogenated alkanes) is 1. The normalized spacial score (nSPS) is 23.4. The van der Waals surface area contributed by atoms with E-state index in [2.05, 4.69) is 48.3 Å². The smallest absolute Gasteiger partial charge is 0.244 e. The molecule has 0 aromatic heterocycles. The van der Waals surface area contributed by atoms with Crippen LogP contribution in [-0.4, -0.2) is 144 Å². The average Bonchev–Trinajstić information content (AvgIpc) is 0.833. The van der Waals surface area contributed by atoms with Crippen LogP contribution in [-0.2, 0) is 75.2 Å². The fourth-order valence-electron chi connectivity index (χ4n) is 14.2. The van der Waals surface area contributed by atoms with Gasteiger partial charge in [0.05, 0.1) is 6.54 Å². The summed E-state index contributed by atoms with van der Waals surface area (Å²) in [4.78, 5) is 197. The van der Waals surface area contributed by atoms with Gasteiger partial charge in [-0.25, -0.2) is 0 Å². The molecule has 17 N–H and O–H groups in total. The number of allylic oxidation sites excluding steroid dienone is 2. The lowest BCUT2D eigenvalue weighted by Gasteiger charge is -2.29. The second kappa shape index (κ2) is 45.9. The van der Waals surface area contributed by atoms with Gasteiger partial charge in [-0.1, -0.05) is 173 Å². The molecule has 0 spiro atoms. The lowest BCUT2D eigenvalue weighted by Crippen LogP contribution is -2.55. The van der Waals surface area contributed by atoms with Crippen molar-refractivity contribution in [2.75, 3.05) is 19.6 Å². The Balaban J connectivity index is 0.000000306. The number of ketones is 4. The zero-order valence-electron chi connectivity index (χ0n) is 62.8. The summed E-state index contributed by atoms with van der Waals surface area (Å²) >= 11 is 0. The van der Waals surface area contributed by atoms with Crippen molar-refractivity contribution in [1.82, 2.24) is 42.5 Å². The number of carbonyl (C=O) groups excluding carboxylic acids is 15. The maximum absolute atomic E-state index is 14.2. The highest BCUT2D eigenvalue weighted by molar-refractivity contribution is 6.10. The third-order valence-corrected chi connectivity index (χ3v) is 20.5. The van der Waals surface area contributed by atoms with Gasteiger partial charge in [-0.05, 0) is 112 Å². The quantitative estimate of drug-likeness (QED) is 0.0409. The lowest BCUT2D eigenvalue weighted by atomic mass is 9.84. The Morgan fingerprint density at radius 1 is 0.373 bits per heavy atom. The van der Waals surface area contributed by atoms with Gasteiger partial charge in [-0.15, -0.1) is 0 Å². The Morgan fingerprint density at radius 2 is 0.736 bits per heavy atom. The molecular formula is C83H109N12O15+. The Bertz CT molecular complexity index is 3880. The van der Waals surface area contributed by atoms with E-state index >= 15 is 0 Å². The molecule has 0 unspecified atom stereocenters. The van der Waals surface area contributed by atoms with Gasteiger partial charge in [0, 0.05) is 91.4 Å². The number of primary amides is 3. The number of nitrogens with two attached hydrogens (primary N) is 3. The molecule has 4 aromatic rings. The number of hydrogen-bond acceptors (Lipinski definition) is 15. The third-order valence-electron chi connectivity index (χ3n) is 20.5. The van der Waals surface area contributed by atoms with Crippen molar-refractivity contribution in [3.8, 4) is 0 Å². The predicted octanol–water partition coefficient (Wildman–Crippen LogP) is 4.28. The molecule has 590 valence electrons. The molecule has 8 atom stereocenters. The van der Waals surface area contributed by atoms with E-state index in [1.54, 1.807) is 97.1 Å². The van der Waals surface area contributed by atoms with Crippen LogP contribution in [0.15, 0.2) is 133 Å². The van der Waals surface area contributed by atoms with Crippen molar-refractivity contribution in [2.24, 2.45) is 40.9 Å². The van der Waals surface area contributed by atoms with E-state index in [9.17, 15) is 71.9 Å². The number of rotatable bonds is 21. The molecule has 4 aliphatic rings. The van der Waals surface area contributed by atoms with Gasteiger partial charge in [0.25, 0.3) is 0 Å². The molecule has 2 fully saturated rings. The molecule has 0 radical (unpaired) electrons. The standard InChI is InChI=1S/C42H56N6O7.C41H52N6O8/c43-23-9-7-15-32-27-33(49)21-22-37(50)46-34(39(44)52)16-8-10-24-45-41(54)35(48-42(55)36(47-40(32)53)25-28-11-3-1-4-12-28)26-29-17-19-31(20-18-29)38(51)30-13-5-2-6-14-30;42-35(49)20-18-30-25-31(48)19-21-36(50)45-32(38(43)52)13-7-8-22-44-40(54)33(47-41(55)34(46-39(30)53)23-26-9-3-1-4-10-26)24-27-14-16-29(17-15-27)37(51)28-11-5-2-6-12-28/h2,5-6,13-14,17-22,28,32,34-36H,1,3-4,7-12,15-16,23-27,43H2,(H2,44,52)(H,45,54)(H,46,50)(H,47,53)(H,48,55);2,5-6,11-12,14-17,19,21,26,30,32-34H,1,3-4,7-10,13,18,20,22-25H2,(H2,42,49)(H2,43,52)(H,44,54)(H,45,50)(H,46,53)(H,47,55)/p+1/b22-21+;21-19+/t32-,34+,35-,36+;30-,32+,33-,34+/m11/s1. The van der Waals surface area contributed by atoms with E-state index < -0.39 is 125 Å². The summed E-state index contributed by atoms with van der Waals surface area (Å²) in [6.07, 6.45) is 17.8. The Hall–Kier alpha value is -10.8. The first-order chi connectivity index (χ1) is 52.9. The summed E-state index contributed by atoms with van der Waals surface area (Å²) in [5.74, 6) is -9.50. The fourth-order valence-corrected chi connectivity index (χ4v) is 14.2. The number of hydrogen-bond donors (Lipinski definition) is 12. The molecule has 0 saturated heterocycles. The highest BCUT2D eigenvalue weighted by Crippen LogP contribution is 2.30. The molecule has 2 aliphatic carbocycles. The van der Waals surface area contributed by atoms with E-state index in [4.69, 9.17) is 17.2 Å². The Morgan fingerprint density at radius 3 is 1.11 bits per heavy atom. The first-order valence-electron chi connectivity index (χ1n) is 38.8. The van der Waals surface area contributed by atoms with Crippen LogP contribution in [0.4, 0.5) is 0 Å². The molecule has 110 heavy (non-hydrogen) atoms. The number of nitrogens with one attached hydrogen (secondary N) is 8. The highest BCUT2D eigenvalue weighted by Gasteiger charge is 2.35. The van der Waals surface area contributed by atoms with Gasteiger partial charge < -0.3 is 65.5 Å². The van der Waals surface area contributed by atoms with Gasteiger partial charge in [-0.2, -0.15) is 0 Å². The van der Waals surface area contributed by atoms with Crippen LogP contribution < -0.4 is 65.5 Å². The average molecular weight is 1510 g/mol. The monoisotopic (exact) mass is 1510 g/mol. The van der Waals surface area contributed by atoms with Crippen molar-refractivity contribution in [3.63, 3.8) is 0 Å². The molecule has 27 heteroatoms. The number of quaternary nitrogens is 1. The van der Waals surface area contributed by atoms with Crippen molar-refractivity contribution in [2.45, 2.75) is 210 Å². The van der Waals surface area contributed by atoms with Crippen LogP contribution in [0.3, 0.4) is 0 Å². The summed E-state index contributed by atoms with van der Waals surface area (Å²) < 4.78 is 0. The van der Waals surface area contributed by atoms with E-state index in [-0.39, 0.29) is 87.9 Å². The molecule has 27 nitrogen and oxygen atoms in total. The van der Waals surface area contributed by atoms with Gasteiger partial charge in [0.1, 0.15) is 36.3 Å². The highest BCUT2D eigenvalue weighted by atomic mass is 16.2. The van der Waals surface area contributed by atoms with Crippen molar-refractivity contribution in [1.29, 1.82) is 0 Å². The zero-order valence-corrected chi connectivity index (χ0v) is 62.8. The number of carbonyl (C=O) groups is 15. The minimum atomic E-state index is -1.07. The second-order valence-corrected chi connectivity index (χ2v) is 29.2. The maximum atomic E-state index is 14.2. The van der Waals surface area contributed by atoms with Crippen LogP contribution in [0.5, 0.6) is 0 Å². The minimum Gasteiger partial charge on any atom is -0.370 e.